The number of benzene rings is 2. The predicted molar refractivity (Wildman–Crippen MR) is 95.3 cm³/mol. The minimum Gasteiger partial charge on any atom is -0.494 e. The van der Waals surface area contributed by atoms with E-state index in [0.717, 1.165) is 37.8 Å². The number of hydrogen-bond acceptors (Lipinski definition) is 3. The summed E-state index contributed by atoms with van der Waals surface area (Å²) < 4.78 is 33.8. The molecule has 2 aromatic rings. The van der Waals surface area contributed by atoms with Gasteiger partial charge in [-0.25, -0.2) is 8.78 Å². The second-order valence-electron chi connectivity index (χ2n) is 5.97. The van der Waals surface area contributed by atoms with Gasteiger partial charge in [-0.05, 0) is 31.2 Å². The van der Waals surface area contributed by atoms with Gasteiger partial charge in [-0.2, -0.15) is 0 Å². The van der Waals surface area contributed by atoms with E-state index in [-0.39, 0.29) is 6.04 Å². The highest BCUT2D eigenvalue weighted by molar-refractivity contribution is 6.30. The molecule has 0 aromatic heterocycles. The molecule has 2 aromatic carbocycles. The molecule has 1 saturated heterocycles. The number of ether oxygens (including phenoxy) is 1. The lowest BCUT2D eigenvalue weighted by molar-refractivity contribution is 0.191. The lowest BCUT2D eigenvalue weighted by Gasteiger charge is -2.36. The fourth-order valence-corrected chi connectivity index (χ4v) is 3.43. The van der Waals surface area contributed by atoms with Gasteiger partial charge in [-0.15, -0.1) is 0 Å². The van der Waals surface area contributed by atoms with Crippen LogP contribution in [-0.2, 0) is 0 Å². The zero-order valence-electron chi connectivity index (χ0n) is 14.1. The monoisotopic (exact) mass is 366 g/mol. The highest BCUT2D eigenvalue weighted by Gasteiger charge is 2.29. The van der Waals surface area contributed by atoms with E-state index >= 15 is 0 Å². The van der Waals surface area contributed by atoms with Crippen LogP contribution >= 0.6 is 11.6 Å². The largest absolute Gasteiger partial charge is 0.494 e. The van der Waals surface area contributed by atoms with E-state index in [0.29, 0.717) is 22.9 Å². The smallest absolute Gasteiger partial charge is 0.131 e. The first-order chi connectivity index (χ1) is 12.1. The van der Waals surface area contributed by atoms with Crippen molar-refractivity contribution in [2.45, 2.75) is 13.0 Å². The van der Waals surface area contributed by atoms with Crippen molar-refractivity contribution in [3.8, 4) is 5.75 Å². The summed E-state index contributed by atoms with van der Waals surface area (Å²) in [6.45, 7) is 5.51. The highest BCUT2D eigenvalue weighted by atomic mass is 35.5. The number of hydrogen-bond donors (Lipinski definition) is 1. The van der Waals surface area contributed by atoms with E-state index in [9.17, 15) is 8.78 Å². The summed E-state index contributed by atoms with van der Waals surface area (Å²) in [5.74, 6) is -0.485. The summed E-state index contributed by atoms with van der Waals surface area (Å²) >= 11 is 6.21. The Labute approximate surface area is 151 Å². The minimum atomic E-state index is -0.587. The summed E-state index contributed by atoms with van der Waals surface area (Å²) in [4.78, 5) is 2.17. The van der Waals surface area contributed by atoms with Gasteiger partial charge in [-0.3, -0.25) is 4.90 Å². The first-order valence-electron chi connectivity index (χ1n) is 8.42. The zero-order valence-corrected chi connectivity index (χ0v) is 14.8. The molecule has 25 heavy (non-hydrogen) atoms. The molecule has 1 aliphatic rings. The van der Waals surface area contributed by atoms with Crippen molar-refractivity contribution in [2.24, 2.45) is 0 Å². The molecule has 1 N–H and O–H groups in total. The fourth-order valence-electron chi connectivity index (χ4n) is 3.24. The Hall–Kier alpha value is -1.69. The maximum absolute atomic E-state index is 14.6. The van der Waals surface area contributed by atoms with Crippen LogP contribution in [0.2, 0.25) is 5.02 Å². The van der Waals surface area contributed by atoms with E-state index in [1.165, 1.54) is 12.1 Å². The molecular weight excluding hydrogens is 346 g/mol. The first-order valence-corrected chi connectivity index (χ1v) is 8.80. The third-order valence-corrected chi connectivity index (χ3v) is 4.58. The molecule has 3 rings (SSSR count). The van der Waals surface area contributed by atoms with Crippen LogP contribution < -0.4 is 10.1 Å². The van der Waals surface area contributed by atoms with Crippen LogP contribution in [0, 0.1) is 11.6 Å². The molecule has 0 amide bonds. The average Bonchev–Trinajstić information content (AvgIpc) is 2.60. The SMILES string of the molecule is CCOc1ccc(Cl)cc1C(c1ccc(F)cc1F)N1CCNCC1. The molecule has 0 saturated carbocycles. The number of piperazine rings is 1. The Morgan fingerprint density at radius 2 is 1.88 bits per heavy atom. The molecule has 6 heteroatoms. The van der Waals surface area contributed by atoms with Gasteiger partial charge in [0.05, 0.1) is 12.6 Å². The van der Waals surface area contributed by atoms with Gasteiger partial charge in [0, 0.05) is 48.4 Å². The first kappa shape index (κ1) is 18.1. The normalized spacial score (nSPS) is 16.6. The molecule has 1 heterocycles. The minimum absolute atomic E-state index is 0.386. The maximum atomic E-state index is 14.6. The third-order valence-electron chi connectivity index (χ3n) is 4.34. The van der Waals surface area contributed by atoms with Crippen molar-refractivity contribution in [1.82, 2.24) is 10.2 Å². The summed E-state index contributed by atoms with van der Waals surface area (Å²) in [6.07, 6.45) is 0. The Morgan fingerprint density at radius 3 is 2.56 bits per heavy atom. The van der Waals surface area contributed by atoms with Crippen molar-refractivity contribution in [3.63, 3.8) is 0 Å². The molecule has 1 atom stereocenters. The van der Waals surface area contributed by atoms with Crippen LogP contribution in [0.4, 0.5) is 8.78 Å². The van der Waals surface area contributed by atoms with Gasteiger partial charge >= 0.3 is 0 Å². The maximum Gasteiger partial charge on any atom is 0.131 e. The van der Waals surface area contributed by atoms with Crippen LogP contribution in [-0.4, -0.2) is 37.7 Å². The van der Waals surface area contributed by atoms with Crippen LogP contribution in [0.5, 0.6) is 5.75 Å². The quantitative estimate of drug-likeness (QED) is 0.865. The second-order valence-corrected chi connectivity index (χ2v) is 6.41. The molecular formula is C19H21ClF2N2O. The summed E-state index contributed by atoms with van der Waals surface area (Å²) in [6, 6.07) is 8.70. The van der Waals surface area contributed by atoms with E-state index in [1.807, 2.05) is 13.0 Å². The molecule has 3 nitrogen and oxygen atoms in total. The number of halogens is 3. The Balaban J connectivity index is 2.12. The molecule has 1 unspecified atom stereocenters. The average molecular weight is 367 g/mol. The van der Waals surface area contributed by atoms with E-state index in [1.54, 1.807) is 12.1 Å². The zero-order chi connectivity index (χ0) is 17.8. The van der Waals surface area contributed by atoms with Crippen molar-refractivity contribution >= 4 is 11.6 Å². The Kier molecular flexibility index (Phi) is 5.89. The molecule has 0 radical (unpaired) electrons. The standard InChI is InChI=1S/C19H21ClF2N2O/c1-2-25-18-6-3-13(20)11-16(18)19(24-9-7-23-8-10-24)15-5-4-14(21)12-17(15)22/h3-6,11-12,19,23H,2,7-10H2,1H3. The highest BCUT2D eigenvalue weighted by Crippen LogP contribution is 2.37. The second kappa shape index (κ2) is 8.13. The van der Waals surface area contributed by atoms with Gasteiger partial charge in [0.15, 0.2) is 0 Å². The molecule has 0 spiro atoms. The van der Waals surface area contributed by atoms with Crippen LogP contribution in [0.1, 0.15) is 24.1 Å². The van der Waals surface area contributed by atoms with E-state index in [2.05, 4.69) is 10.2 Å². The lowest BCUT2D eigenvalue weighted by atomic mass is 9.95. The van der Waals surface area contributed by atoms with Gasteiger partial charge in [0.25, 0.3) is 0 Å². The third kappa shape index (κ3) is 4.11. The molecule has 1 aliphatic heterocycles. The summed E-state index contributed by atoms with van der Waals surface area (Å²) in [7, 11) is 0. The van der Waals surface area contributed by atoms with Gasteiger partial charge in [0.1, 0.15) is 17.4 Å². The van der Waals surface area contributed by atoms with Crippen molar-refractivity contribution in [3.05, 3.63) is 64.2 Å². The topological polar surface area (TPSA) is 24.5 Å². The number of nitrogens with zero attached hydrogens (tertiary/aromatic N) is 1. The number of rotatable bonds is 5. The van der Waals surface area contributed by atoms with Crippen LogP contribution in [0.15, 0.2) is 36.4 Å². The Morgan fingerprint density at radius 1 is 1.12 bits per heavy atom. The predicted octanol–water partition coefficient (Wildman–Crippen LogP) is 4.01. The molecule has 1 fully saturated rings. The van der Waals surface area contributed by atoms with E-state index < -0.39 is 11.6 Å². The van der Waals surface area contributed by atoms with Crippen LogP contribution in [0.25, 0.3) is 0 Å². The summed E-state index contributed by atoms with van der Waals surface area (Å²) in [5.41, 5.74) is 1.22. The lowest BCUT2D eigenvalue weighted by Crippen LogP contribution is -2.45. The molecule has 0 aliphatic carbocycles. The van der Waals surface area contributed by atoms with Crippen LogP contribution in [0.3, 0.4) is 0 Å². The fraction of sp³-hybridized carbons (Fsp3) is 0.368. The molecule has 134 valence electrons. The summed E-state index contributed by atoms with van der Waals surface area (Å²) in [5, 5.41) is 3.85. The van der Waals surface area contributed by atoms with Crippen molar-refractivity contribution in [2.75, 3.05) is 32.8 Å². The molecule has 0 bridgehead atoms. The van der Waals surface area contributed by atoms with Gasteiger partial charge in [-0.1, -0.05) is 17.7 Å². The van der Waals surface area contributed by atoms with Crippen molar-refractivity contribution in [1.29, 1.82) is 0 Å². The van der Waals surface area contributed by atoms with Gasteiger partial charge < -0.3 is 10.1 Å². The van der Waals surface area contributed by atoms with E-state index in [4.69, 9.17) is 16.3 Å². The number of nitrogens with one attached hydrogen (secondary N) is 1. The van der Waals surface area contributed by atoms with Gasteiger partial charge in [0.2, 0.25) is 0 Å². The van der Waals surface area contributed by atoms with Crippen molar-refractivity contribution < 1.29 is 13.5 Å². The Bertz CT molecular complexity index is 735.